The molecule has 0 aliphatic rings. The highest BCUT2D eigenvalue weighted by Crippen LogP contribution is 2.09. The molecule has 0 radical (unpaired) electrons. The number of aliphatic hydroxyl groups is 1. The van der Waals surface area contributed by atoms with Crippen molar-refractivity contribution >= 4 is 0 Å². The highest BCUT2D eigenvalue weighted by molar-refractivity contribution is 4.89. The minimum Gasteiger partial charge on any atom is -0.395 e. The van der Waals surface area contributed by atoms with Crippen LogP contribution in [0.15, 0.2) is 0 Å². The molecule has 0 bridgehead atoms. The molecular formula is C13H26N2O. The molecule has 0 heterocycles. The van der Waals surface area contributed by atoms with Gasteiger partial charge in [-0.25, -0.2) is 0 Å². The minimum absolute atomic E-state index is 0.0807. The lowest BCUT2D eigenvalue weighted by molar-refractivity contribution is 0.287. The Morgan fingerprint density at radius 2 is 1.75 bits per heavy atom. The van der Waals surface area contributed by atoms with E-state index in [4.69, 9.17) is 10.4 Å². The second kappa shape index (κ2) is 12.5. The number of hydrogen-bond donors (Lipinski definition) is 2. The average Bonchev–Trinajstić information content (AvgIpc) is 2.32. The van der Waals surface area contributed by atoms with Crippen molar-refractivity contribution in [2.24, 2.45) is 0 Å². The van der Waals surface area contributed by atoms with Gasteiger partial charge in [-0.2, -0.15) is 5.26 Å². The monoisotopic (exact) mass is 226 g/mol. The normalized spacial score (nSPS) is 12.3. The Morgan fingerprint density at radius 1 is 1.12 bits per heavy atom. The Kier molecular flexibility index (Phi) is 12.0. The Hall–Kier alpha value is -0.590. The lowest BCUT2D eigenvalue weighted by Gasteiger charge is -2.09. The van der Waals surface area contributed by atoms with Gasteiger partial charge in [0.25, 0.3) is 0 Å². The quantitative estimate of drug-likeness (QED) is 0.532. The Balaban J connectivity index is 3.25. The molecule has 0 aromatic heterocycles. The Labute approximate surface area is 99.9 Å². The summed E-state index contributed by atoms with van der Waals surface area (Å²) in [6.07, 6.45) is 9.85. The number of unbranched alkanes of at least 4 members (excludes halogenated alkanes) is 6. The van der Waals surface area contributed by atoms with Crippen molar-refractivity contribution in [2.45, 2.75) is 64.3 Å². The number of aliphatic hydroxyl groups excluding tert-OH is 1. The van der Waals surface area contributed by atoms with Crippen molar-refractivity contribution in [3.8, 4) is 6.07 Å². The maximum atomic E-state index is 8.83. The van der Waals surface area contributed by atoms with Crippen LogP contribution in [0, 0.1) is 11.3 Å². The molecule has 0 amide bonds. The smallest absolute Gasteiger partial charge is 0.0953 e. The molecule has 1 unspecified atom stereocenters. The summed E-state index contributed by atoms with van der Waals surface area (Å²) in [4.78, 5) is 0. The summed E-state index contributed by atoms with van der Waals surface area (Å²) in [5.74, 6) is 0. The lowest BCUT2D eigenvalue weighted by atomic mass is 10.1. The second-order valence-electron chi connectivity index (χ2n) is 4.27. The van der Waals surface area contributed by atoms with Gasteiger partial charge in [-0.15, -0.1) is 0 Å². The number of rotatable bonds is 11. The molecule has 16 heavy (non-hydrogen) atoms. The molecule has 0 aromatic carbocycles. The van der Waals surface area contributed by atoms with Gasteiger partial charge >= 0.3 is 0 Å². The van der Waals surface area contributed by atoms with Crippen molar-refractivity contribution < 1.29 is 5.11 Å². The summed E-state index contributed by atoms with van der Waals surface area (Å²) in [5, 5.41) is 20.5. The summed E-state index contributed by atoms with van der Waals surface area (Å²) >= 11 is 0. The molecule has 3 heteroatoms. The molecule has 3 nitrogen and oxygen atoms in total. The predicted molar refractivity (Wildman–Crippen MR) is 67.1 cm³/mol. The first kappa shape index (κ1) is 15.4. The van der Waals surface area contributed by atoms with E-state index < -0.39 is 0 Å². The van der Waals surface area contributed by atoms with Crippen molar-refractivity contribution in [1.29, 1.82) is 5.26 Å². The Bertz CT molecular complexity index is 177. The van der Waals surface area contributed by atoms with Gasteiger partial charge in [-0.1, -0.05) is 51.9 Å². The topological polar surface area (TPSA) is 56.0 Å². The van der Waals surface area contributed by atoms with Gasteiger partial charge < -0.3 is 5.11 Å². The largest absolute Gasteiger partial charge is 0.395 e. The van der Waals surface area contributed by atoms with Crippen molar-refractivity contribution in [2.75, 3.05) is 13.2 Å². The fourth-order valence-corrected chi connectivity index (χ4v) is 1.76. The first-order valence-electron chi connectivity index (χ1n) is 6.59. The number of nitrogens with one attached hydrogen (secondary N) is 1. The minimum atomic E-state index is -0.0807. The molecule has 0 rings (SSSR count). The third-order valence-electron chi connectivity index (χ3n) is 2.75. The average molecular weight is 226 g/mol. The van der Waals surface area contributed by atoms with Crippen LogP contribution < -0.4 is 5.32 Å². The van der Waals surface area contributed by atoms with E-state index in [2.05, 4.69) is 18.3 Å². The molecule has 2 N–H and O–H groups in total. The van der Waals surface area contributed by atoms with E-state index in [1.54, 1.807) is 0 Å². The van der Waals surface area contributed by atoms with Gasteiger partial charge in [0.2, 0.25) is 0 Å². The number of nitriles is 1. The van der Waals surface area contributed by atoms with Crippen molar-refractivity contribution in [3.05, 3.63) is 0 Å². The third kappa shape index (κ3) is 9.95. The van der Waals surface area contributed by atoms with Gasteiger partial charge in [0.1, 0.15) is 0 Å². The summed E-state index contributed by atoms with van der Waals surface area (Å²) < 4.78 is 0. The van der Waals surface area contributed by atoms with Crippen LogP contribution in [0.2, 0.25) is 0 Å². The summed E-state index contributed by atoms with van der Waals surface area (Å²) in [7, 11) is 0. The van der Waals surface area contributed by atoms with Crippen LogP contribution >= 0.6 is 0 Å². The molecule has 0 aliphatic carbocycles. The zero-order valence-electron chi connectivity index (χ0n) is 10.5. The molecule has 1 atom stereocenters. The van der Waals surface area contributed by atoms with Crippen LogP contribution in [0.3, 0.4) is 0 Å². The zero-order valence-corrected chi connectivity index (χ0v) is 10.5. The van der Waals surface area contributed by atoms with Crippen LogP contribution in [0.5, 0.6) is 0 Å². The van der Waals surface area contributed by atoms with Gasteiger partial charge in [0.15, 0.2) is 0 Å². The van der Waals surface area contributed by atoms with Crippen LogP contribution in [0.4, 0.5) is 0 Å². The number of nitrogens with zero attached hydrogens (tertiary/aromatic N) is 1. The second-order valence-corrected chi connectivity index (χ2v) is 4.27. The third-order valence-corrected chi connectivity index (χ3v) is 2.75. The zero-order chi connectivity index (χ0) is 12.1. The Morgan fingerprint density at radius 3 is 2.31 bits per heavy atom. The van der Waals surface area contributed by atoms with E-state index in [-0.39, 0.29) is 12.6 Å². The van der Waals surface area contributed by atoms with Crippen molar-refractivity contribution in [1.82, 2.24) is 5.32 Å². The van der Waals surface area contributed by atoms with Gasteiger partial charge in [0, 0.05) is 6.54 Å². The molecule has 94 valence electrons. The highest BCUT2D eigenvalue weighted by Gasteiger charge is 2.04. The van der Waals surface area contributed by atoms with Crippen LogP contribution in [-0.2, 0) is 0 Å². The predicted octanol–water partition coefficient (Wildman–Crippen LogP) is 2.60. The molecule has 0 spiro atoms. The highest BCUT2D eigenvalue weighted by atomic mass is 16.3. The van der Waals surface area contributed by atoms with Gasteiger partial charge in [0.05, 0.1) is 18.7 Å². The van der Waals surface area contributed by atoms with Crippen LogP contribution in [0.25, 0.3) is 0 Å². The first-order valence-corrected chi connectivity index (χ1v) is 6.59. The molecule has 0 saturated carbocycles. The first-order chi connectivity index (χ1) is 7.85. The van der Waals surface area contributed by atoms with E-state index in [1.165, 1.54) is 38.5 Å². The van der Waals surface area contributed by atoms with Crippen LogP contribution in [0.1, 0.15) is 58.3 Å². The van der Waals surface area contributed by atoms with Crippen molar-refractivity contribution in [3.63, 3.8) is 0 Å². The van der Waals surface area contributed by atoms with E-state index in [0.29, 0.717) is 6.54 Å². The fraction of sp³-hybridized carbons (Fsp3) is 0.923. The maximum absolute atomic E-state index is 8.83. The van der Waals surface area contributed by atoms with Gasteiger partial charge in [-0.05, 0) is 6.42 Å². The summed E-state index contributed by atoms with van der Waals surface area (Å²) in [6, 6.07) is 2.15. The van der Waals surface area contributed by atoms with Crippen LogP contribution in [-0.4, -0.2) is 24.3 Å². The standard InChI is InChI=1S/C13H26N2O/c1-2-3-4-5-6-7-8-9-13(12-14)15-10-11-16/h13,15-16H,2-11H2,1H3. The SMILES string of the molecule is CCCCCCCCCC(C#N)NCCO. The molecule has 0 saturated heterocycles. The van der Waals surface area contributed by atoms with E-state index in [9.17, 15) is 0 Å². The lowest BCUT2D eigenvalue weighted by Crippen LogP contribution is -2.30. The number of hydrogen-bond acceptors (Lipinski definition) is 3. The molecular weight excluding hydrogens is 200 g/mol. The maximum Gasteiger partial charge on any atom is 0.0953 e. The van der Waals surface area contributed by atoms with E-state index in [0.717, 1.165) is 12.8 Å². The molecule has 0 aromatic rings. The van der Waals surface area contributed by atoms with Gasteiger partial charge in [-0.3, -0.25) is 5.32 Å². The molecule has 0 fully saturated rings. The fourth-order valence-electron chi connectivity index (χ4n) is 1.76. The summed E-state index contributed by atoms with van der Waals surface area (Å²) in [6.45, 7) is 2.86. The summed E-state index contributed by atoms with van der Waals surface area (Å²) in [5.41, 5.74) is 0. The van der Waals surface area contributed by atoms with E-state index in [1.807, 2.05) is 0 Å². The molecule has 0 aliphatic heterocycles. The van der Waals surface area contributed by atoms with E-state index >= 15 is 0 Å².